The van der Waals surface area contributed by atoms with Crippen LogP contribution in [0.3, 0.4) is 0 Å². The number of hydrogen-bond donors (Lipinski definition) is 1. The summed E-state index contributed by atoms with van der Waals surface area (Å²) in [7, 11) is -3.82. The average molecular weight is 415 g/mol. The molecule has 0 saturated carbocycles. The van der Waals surface area contributed by atoms with Gasteiger partial charge in [0.25, 0.3) is 0 Å². The largest absolute Gasteiger partial charge is 0.573 e. The molecule has 2 heterocycles. The van der Waals surface area contributed by atoms with E-state index in [-0.39, 0.29) is 17.3 Å². The van der Waals surface area contributed by atoms with E-state index in [2.05, 4.69) is 10.1 Å². The van der Waals surface area contributed by atoms with E-state index >= 15 is 0 Å². The number of nitrogens with one attached hydrogen (secondary N) is 1. The molecule has 2 aliphatic heterocycles. The molecule has 0 bridgehead atoms. The highest BCUT2D eigenvalue weighted by atomic mass is 35.5. The van der Waals surface area contributed by atoms with Crippen LogP contribution in [-0.2, 0) is 10.0 Å². The third kappa shape index (κ3) is 5.03. The number of nitrogens with zero attached hydrogens (tertiary/aromatic N) is 1. The fraction of sp³-hybridized carbons (Fsp3) is 0.625. The number of benzene rings is 1. The van der Waals surface area contributed by atoms with Gasteiger partial charge in [0.05, 0.1) is 4.90 Å². The van der Waals surface area contributed by atoms with Crippen molar-refractivity contribution in [3.05, 3.63) is 24.3 Å². The standard InChI is InChI=1S/C16H21F3N2O3S.ClH/c17-16(18,19)24-13-3-1-4-14(11-13)25(22,23)21-9-6-12(7-10-21)15-5-2-8-20-15;/h1,3-4,11-12,15,20H,2,5-10H2;1H. The first-order valence-corrected chi connectivity index (χ1v) is 9.79. The Hall–Kier alpha value is -1.03. The van der Waals surface area contributed by atoms with Crippen molar-refractivity contribution in [1.29, 1.82) is 0 Å². The minimum absolute atomic E-state index is 0. The monoisotopic (exact) mass is 414 g/mol. The van der Waals surface area contributed by atoms with Crippen LogP contribution in [0.15, 0.2) is 29.2 Å². The molecule has 1 unspecified atom stereocenters. The molecule has 1 atom stereocenters. The molecule has 26 heavy (non-hydrogen) atoms. The molecule has 1 N–H and O–H groups in total. The van der Waals surface area contributed by atoms with Crippen molar-refractivity contribution in [2.75, 3.05) is 19.6 Å². The SMILES string of the molecule is Cl.O=S(=O)(c1cccc(OC(F)(F)F)c1)N1CCC(C2CCCN2)CC1. The number of halogens is 4. The minimum Gasteiger partial charge on any atom is -0.406 e. The number of alkyl halides is 3. The number of ether oxygens (including phenoxy) is 1. The number of hydrogen-bond acceptors (Lipinski definition) is 4. The maximum atomic E-state index is 12.7. The van der Waals surface area contributed by atoms with Crippen molar-refractivity contribution in [1.82, 2.24) is 9.62 Å². The van der Waals surface area contributed by atoms with E-state index in [4.69, 9.17) is 0 Å². The topological polar surface area (TPSA) is 58.6 Å². The first-order valence-electron chi connectivity index (χ1n) is 8.35. The number of piperidine rings is 1. The average Bonchev–Trinajstić information content (AvgIpc) is 3.08. The van der Waals surface area contributed by atoms with E-state index in [1.807, 2.05) is 0 Å². The highest BCUT2D eigenvalue weighted by Gasteiger charge is 2.35. The van der Waals surface area contributed by atoms with E-state index < -0.39 is 22.1 Å². The van der Waals surface area contributed by atoms with E-state index in [0.29, 0.717) is 25.0 Å². The van der Waals surface area contributed by atoms with E-state index in [1.54, 1.807) is 0 Å². The summed E-state index contributed by atoms with van der Waals surface area (Å²) >= 11 is 0. The van der Waals surface area contributed by atoms with Gasteiger partial charge in [-0.1, -0.05) is 6.07 Å². The van der Waals surface area contributed by atoms with Crippen molar-refractivity contribution < 1.29 is 26.3 Å². The smallest absolute Gasteiger partial charge is 0.406 e. The Morgan fingerprint density at radius 2 is 1.85 bits per heavy atom. The maximum absolute atomic E-state index is 12.7. The molecule has 0 aromatic heterocycles. The Morgan fingerprint density at radius 3 is 2.42 bits per heavy atom. The molecule has 5 nitrogen and oxygen atoms in total. The van der Waals surface area contributed by atoms with Crippen LogP contribution in [0.25, 0.3) is 0 Å². The van der Waals surface area contributed by atoms with Crippen LogP contribution >= 0.6 is 12.4 Å². The van der Waals surface area contributed by atoms with Crippen LogP contribution in [0, 0.1) is 5.92 Å². The molecule has 0 amide bonds. The normalized spacial score (nSPS) is 22.8. The van der Waals surface area contributed by atoms with Crippen molar-refractivity contribution in [2.45, 2.75) is 43.0 Å². The molecule has 0 radical (unpaired) electrons. The lowest BCUT2D eigenvalue weighted by atomic mass is 9.89. The lowest BCUT2D eigenvalue weighted by molar-refractivity contribution is -0.274. The van der Waals surface area contributed by atoms with Crippen LogP contribution < -0.4 is 10.1 Å². The number of rotatable bonds is 4. The first-order chi connectivity index (χ1) is 11.8. The summed E-state index contributed by atoms with van der Waals surface area (Å²) in [5.74, 6) is -0.0764. The zero-order valence-corrected chi connectivity index (χ0v) is 15.7. The molecule has 0 spiro atoms. The summed E-state index contributed by atoms with van der Waals surface area (Å²) in [6, 6.07) is 5.01. The Kier molecular flexibility index (Phi) is 6.81. The second kappa shape index (κ2) is 8.33. The molecule has 1 aromatic rings. The summed E-state index contributed by atoms with van der Waals surface area (Å²) in [6.07, 6.45) is -1.07. The highest BCUT2D eigenvalue weighted by Crippen LogP contribution is 2.30. The molecule has 2 aliphatic rings. The van der Waals surface area contributed by atoms with E-state index in [0.717, 1.165) is 44.4 Å². The van der Waals surface area contributed by atoms with Gasteiger partial charge in [-0.2, -0.15) is 4.31 Å². The van der Waals surface area contributed by atoms with Crippen molar-refractivity contribution in [3.63, 3.8) is 0 Å². The van der Waals surface area contributed by atoms with Crippen LogP contribution in [0.5, 0.6) is 5.75 Å². The fourth-order valence-electron chi connectivity index (χ4n) is 3.61. The highest BCUT2D eigenvalue weighted by molar-refractivity contribution is 7.89. The van der Waals surface area contributed by atoms with Crippen LogP contribution in [0.1, 0.15) is 25.7 Å². The lowest BCUT2D eigenvalue weighted by Crippen LogP contribution is -2.43. The Labute approximate surface area is 157 Å². The zero-order chi connectivity index (χ0) is 18.1. The fourth-order valence-corrected chi connectivity index (χ4v) is 5.12. The van der Waals surface area contributed by atoms with Crippen LogP contribution in [0.2, 0.25) is 0 Å². The summed E-state index contributed by atoms with van der Waals surface area (Å²) in [5, 5.41) is 3.45. The van der Waals surface area contributed by atoms with Gasteiger partial charge in [0.15, 0.2) is 0 Å². The molecule has 1 aromatic carbocycles. The van der Waals surface area contributed by atoms with Crippen molar-refractivity contribution in [3.8, 4) is 5.75 Å². The molecule has 148 valence electrons. The van der Waals surface area contributed by atoms with Gasteiger partial charge in [0.2, 0.25) is 10.0 Å². The van der Waals surface area contributed by atoms with Gasteiger partial charge < -0.3 is 10.1 Å². The van der Waals surface area contributed by atoms with E-state index in [9.17, 15) is 21.6 Å². The second-order valence-corrected chi connectivity index (χ2v) is 8.40. The minimum atomic E-state index is -4.85. The van der Waals surface area contributed by atoms with Gasteiger partial charge in [-0.3, -0.25) is 0 Å². The molecule has 3 rings (SSSR count). The molecule has 2 saturated heterocycles. The Morgan fingerprint density at radius 1 is 1.15 bits per heavy atom. The summed E-state index contributed by atoms with van der Waals surface area (Å²) in [5.41, 5.74) is 0. The lowest BCUT2D eigenvalue weighted by Gasteiger charge is -2.34. The molecule has 10 heteroatoms. The number of sulfonamides is 1. The van der Waals surface area contributed by atoms with Gasteiger partial charge in [0.1, 0.15) is 5.75 Å². The third-order valence-electron chi connectivity index (χ3n) is 4.84. The van der Waals surface area contributed by atoms with Gasteiger partial charge >= 0.3 is 6.36 Å². The molecule has 0 aliphatic carbocycles. The van der Waals surface area contributed by atoms with Crippen LogP contribution in [-0.4, -0.2) is 44.8 Å². The summed E-state index contributed by atoms with van der Waals surface area (Å²) in [6.45, 7) is 1.78. The van der Waals surface area contributed by atoms with E-state index in [1.165, 1.54) is 16.4 Å². The second-order valence-electron chi connectivity index (χ2n) is 6.47. The van der Waals surface area contributed by atoms with Gasteiger partial charge in [0, 0.05) is 25.2 Å². The zero-order valence-electron chi connectivity index (χ0n) is 14.0. The van der Waals surface area contributed by atoms with Crippen molar-refractivity contribution in [2.24, 2.45) is 5.92 Å². The third-order valence-corrected chi connectivity index (χ3v) is 6.74. The van der Waals surface area contributed by atoms with Gasteiger partial charge in [-0.15, -0.1) is 25.6 Å². The summed E-state index contributed by atoms with van der Waals surface area (Å²) in [4.78, 5) is -0.174. The Balaban J connectivity index is 0.00000243. The Bertz CT molecular complexity index is 701. The van der Waals surface area contributed by atoms with Gasteiger partial charge in [-0.05, 0) is 50.3 Å². The van der Waals surface area contributed by atoms with Crippen molar-refractivity contribution >= 4 is 22.4 Å². The predicted octanol–water partition coefficient (Wildman–Crippen LogP) is 3.16. The molecular weight excluding hydrogens is 393 g/mol. The van der Waals surface area contributed by atoms with Gasteiger partial charge in [-0.25, -0.2) is 8.42 Å². The predicted molar refractivity (Wildman–Crippen MR) is 92.9 cm³/mol. The maximum Gasteiger partial charge on any atom is 0.573 e. The first kappa shape index (κ1) is 21.3. The summed E-state index contributed by atoms with van der Waals surface area (Å²) < 4.78 is 67.6. The quantitative estimate of drug-likeness (QED) is 0.822. The molecule has 2 fully saturated rings. The van der Waals surface area contributed by atoms with Crippen LogP contribution in [0.4, 0.5) is 13.2 Å². The molecular formula is C16H22ClF3N2O3S.